The molecule has 6 rings (SSSR count). The predicted molar refractivity (Wildman–Crippen MR) is 271 cm³/mol. The molecule has 0 spiro atoms. The van der Waals surface area contributed by atoms with Crippen molar-refractivity contribution in [2.45, 2.75) is 117 Å². The second kappa shape index (κ2) is 23.1. The summed E-state index contributed by atoms with van der Waals surface area (Å²) in [6.45, 7) is 16.7. The maximum Gasteiger partial charge on any atom is 0.251 e. The molecule has 376 valence electrons. The van der Waals surface area contributed by atoms with Crippen molar-refractivity contribution in [2.24, 2.45) is 16.2 Å². The van der Waals surface area contributed by atoms with E-state index in [0.29, 0.717) is 53.8 Å². The molecule has 1 aliphatic carbocycles. The number of hydrogen-bond acceptors (Lipinski definition) is 12. The minimum absolute atomic E-state index is 0.0302. The Bertz CT molecular complexity index is 2490. The average Bonchev–Trinajstić information content (AvgIpc) is 3.94. The molecule has 0 bridgehead atoms. The number of hydrogen-bond donors (Lipinski definition) is 5. The van der Waals surface area contributed by atoms with Gasteiger partial charge in [0.2, 0.25) is 17.7 Å². The lowest BCUT2D eigenvalue weighted by Crippen LogP contribution is -2.74. The molecule has 2 aliphatic rings. The molecule has 5 N–H and O–H groups in total. The lowest BCUT2D eigenvalue weighted by molar-refractivity contribution is -0.164. The molecule has 3 aromatic carbocycles. The van der Waals surface area contributed by atoms with E-state index in [4.69, 9.17) is 25.8 Å². The summed E-state index contributed by atoms with van der Waals surface area (Å²) in [4.78, 5) is 61.4. The fraction of sp³-hybridized carbons (Fsp3) is 0.509. The van der Waals surface area contributed by atoms with Crippen molar-refractivity contribution in [3.8, 4) is 28.0 Å². The number of ether oxygens (including phenoxy) is 3. The zero-order valence-corrected chi connectivity index (χ0v) is 43.3. The molecule has 4 atom stereocenters. The number of rotatable bonds is 21. The van der Waals surface area contributed by atoms with E-state index < -0.39 is 52.3 Å². The van der Waals surface area contributed by atoms with Gasteiger partial charge in [-0.3, -0.25) is 19.2 Å². The first-order chi connectivity index (χ1) is 33.1. The molecule has 17 heteroatoms. The summed E-state index contributed by atoms with van der Waals surface area (Å²) in [5.41, 5.74) is 4.09. The van der Waals surface area contributed by atoms with Crippen LogP contribution in [0, 0.1) is 34.5 Å². The van der Waals surface area contributed by atoms with E-state index in [1.54, 1.807) is 60.8 Å². The zero-order valence-electron chi connectivity index (χ0n) is 41.7. The number of nitrogens with zero attached hydrogens (tertiary/aromatic N) is 3. The molecular weight excluding hydrogens is 930 g/mol. The molecule has 1 aromatic heterocycles. The highest BCUT2D eigenvalue weighted by atomic mass is 35.5. The van der Waals surface area contributed by atoms with E-state index in [2.05, 4.69) is 60.0 Å². The first-order valence-corrected chi connectivity index (χ1v) is 25.1. The molecule has 4 aromatic rings. The van der Waals surface area contributed by atoms with Crippen molar-refractivity contribution in [2.75, 3.05) is 40.0 Å². The van der Waals surface area contributed by atoms with Crippen LogP contribution in [0.15, 0.2) is 72.2 Å². The third kappa shape index (κ3) is 12.8. The molecule has 2 fully saturated rings. The number of halogens is 1. The van der Waals surface area contributed by atoms with Crippen LogP contribution in [0.4, 0.5) is 0 Å². The smallest absolute Gasteiger partial charge is 0.251 e. The van der Waals surface area contributed by atoms with Crippen molar-refractivity contribution in [3.05, 3.63) is 99.6 Å². The molecule has 15 nitrogen and oxygen atoms in total. The van der Waals surface area contributed by atoms with Crippen molar-refractivity contribution in [3.63, 3.8) is 0 Å². The number of likely N-dealkylation sites (N-methyl/N-ethyl adjacent to an activating group) is 1. The number of carbonyl (C=O) groups is 4. The highest BCUT2D eigenvalue weighted by molar-refractivity contribution is 7.13. The topological polar surface area (TPSA) is 204 Å². The van der Waals surface area contributed by atoms with Gasteiger partial charge in [0.25, 0.3) is 5.91 Å². The molecule has 4 amide bonds. The van der Waals surface area contributed by atoms with Crippen LogP contribution in [0.1, 0.15) is 107 Å². The van der Waals surface area contributed by atoms with Gasteiger partial charge in [-0.25, -0.2) is 4.98 Å². The number of nitrogens with one attached hydrogen (secondary N) is 4. The number of aliphatic hydroxyl groups is 1. The van der Waals surface area contributed by atoms with Crippen molar-refractivity contribution < 1.29 is 38.5 Å². The highest BCUT2D eigenvalue weighted by Gasteiger charge is 2.64. The number of benzene rings is 3. The van der Waals surface area contributed by atoms with Crippen LogP contribution in [0.5, 0.6) is 11.5 Å². The number of β-amino-alcohol motifs (C(OH)–C–C–N with tert-alkyl or cyclic N) is 1. The standard InChI is InChI=1S/C53H68ClN7O8S/c1-32-44(70-31-57-32)34-15-13-33(14-16-34)41(28-56-9)58-47(65)42-25-37(62)29-61(42)48(66)45(51(2,3)4)59-43(63)30-67-23-11-10-12-24-68-38-20-17-35(18-21-38)46(64)60-49-52(5,6)50(53(49,7)8)69-39-22-19-36(27-55)40(54)26-39/h13-22,26,31,37,41-42,45,49-50,56,62H,10-12,23-25,28-30H2,1-9H3,(H,58,65)(H,59,63)(H,60,64)/t37-,41-,42+,45?,49?,50?/m1/s1. The van der Waals surface area contributed by atoms with Crippen molar-refractivity contribution >= 4 is 46.6 Å². The molecule has 1 saturated carbocycles. The Labute approximate surface area is 421 Å². The van der Waals surface area contributed by atoms with E-state index in [1.807, 2.05) is 57.5 Å². The Balaban J connectivity index is 0.903. The van der Waals surface area contributed by atoms with Gasteiger partial charge in [0.05, 0.1) is 45.4 Å². The molecule has 2 heterocycles. The quantitative estimate of drug-likeness (QED) is 0.0521. The van der Waals surface area contributed by atoms with Crippen LogP contribution in [-0.4, -0.2) is 109 Å². The lowest BCUT2D eigenvalue weighted by Gasteiger charge is -2.63. The molecule has 1 aliphatic heterocycles. The third-order valence-electron chi connectivity index (χ3n) is 13.3. The van der Waals surface area contributed by atoms with Crippen LogP contribution in [0.25, 0.3) is 10.4 Å². The van der Waals surface area contributed by atoms with Crippen LogP contribution in [-0.2, 0) is 19.1 Å². The largest absolute Gasteiger partial charge is 0.494 e. The van der Waals surface area contributed by atoms with Crippen LogP contribution >= 0.6 is 22.9 Å². The van der Waals surface area contributed by atoms with Gasteiger partial charge in [-0.05, 0) is 86.2 Å². The molecule has 0 radical (unpaired) electrons. The first kappa shape index (κ1) is 53.8. The summed E-state index contributed by atoms with van der Waals surface area (Å²) in [7, 11) is 1.80. The molecular formula is C53H68ClN7O8S. The maximum atomic E-state index is 14.2. The van der Waals surface area contributed by atoms with E-state index >= 15 is 0 Å². The number of nitriles is 1. The van der Waals surface area contributed by atoms with E-state index in [0.717, 1.165) is 34.5 Å². The maximum absolute atomic E-state index is 14.2. The lowest BCUT2D eigenvalue weighted by atomic mass is 9.49. The van der Waals surface area contributed by atoms with Gasteiger partial charge >= 0.3 is 0 Å². The summed E-state index contributed by atoms with van der Waals surface area (Å²) in [6.07, 6.45) is 1.18. The summed E-state index contributed by atoms with van der Waals surface area (Å²) in [6, 6.07) is 19.6. The number of amides is 4. The summed E-state index contributed by atoms with van der Waals surface area (Å²) in [5, 5.41) is 32.6. The van der Waals surface area contributed by atoms with Gasteiger partial charge in [0.15, 0.2) is 0 Å². The first-order valence-electron chi connectivity index (χ1n) is 23.9. The monoisotopic (exact) mass is 997 g/mol. The number of aromatic nitrogens is 1. The number of carbonyl (C=O) groups excluding carboxylic acids is 4. The fourth-order valence-corrected chi connectivity index (χ4v) is 10.9. The number of unbranched alkanes of at least 4 members (excludes halogenated alkanes) is 2. The highest BCUT2D eigenvalue weighted by Crippen LogP contribution is 2.55. The minimum Gasteiger partial charge on any atom is -0.494 e. The van der Waals surface area contributed by atoms with Gasteiger partial charge in [-0.1, -0.05) is 84.3 Å². The SMILES string of the molecule is CNC[C@@H](NC(=O)[C@@H]1C[C@@H](O)CN1C(=O)C(NC(=O)COCCCCCOc1ccc(C(=O)NC2C(C)(C)C(Oc3ccc(C#N)c(Cl)c3)C2(C)C)cc1)C(C)(C)C)c1ccc(-c2scnc2C)cc1. The zero-order chi connectivity index (χ0) is 51.0. The molecule has 1 unspecified atom stereocenters. The van der Waals surface area contributed by atoms with E-state index in [9.17, 15) is 29.5 Å². The number of thiazole rings is 1. The number of likely N-dealkylation sites (tertiary alicyclic amines) is 1. The van der Waals surface area contributed by atoms with Crippen molar-refractivity contribution in [1.29, 1.82) is 5.26 Å². The normalized spacial score (nSPS) is 20.1. The Morgan fingerprint density at radius 3 is 2.24 bits per heavy atom. The summed E-state index contributed by atoms with van der Waals surface area (Å²) >= 11 is 7.81. The number of aliphatic hydroxyl groups excluding tert-OH is 1. The fourth-order valence-electron chi connectivity index (χ4n) is 9.84. The average molecular weight is 999 g/mol. The second-order valence-corrected chi connectivity index (χ2v) is 21.8. The third-order valence-corrected chi connectivity index (χ3v) is 14.6. The van der Waals surface area contributed by atoms with E-state index in [-0.39, 0.29) is 43.5 Å². The van der Waals surface area contributed by atoms with Gasteiger partial charge in [0, 0.05) is 54.6 Å². The van der Waals surface area contributed by atoms with Crippen LogP contribution in [0.3, 0.4) is 0 Å². The molecule has 1 saturated heterocycles. The summed E-state index contributed by atoms with van der Waals surface area (Å²) in [5.74, 6) is -0.260. The van der Waals surface area contributed by atoms with E-state index in [1.165, 1.54) is 4.90 Å². The van der Waals surface area contributed by atoms with Crippen LogP contribution in [0.2, 0.25) is 5.02 Å². The van der Waals surface area contributed by atoms with Gasteiger partial charge in [-0.15, -0.1) is 11.3 Å². The number of aryl methyl sites for hydroxylation is 1. The Morgan fingerprint density at radius 2 is 1.63 bits per heavy atom. The summed E-state index contributed by atoms with van der Waals surface area (Å²) < 4.78 is 18.0. The molecule has 70 heavy (non-hydrogen) atoms. The predicted octanol–water partition coefficient (Wildman–Crippen LogP) is 7.39. The Kier molecular flexibility index (Phi) is 17.8. The minimum atomic E-state index is -0.974. The second-order valence-electron chi connectivity index (χ2n) is 20.6. The Hall–Kier alpha value is -5.57. The Morgan fingerprint density at radius 1 is 0.957 bits per heavy atom. The van der Waals surface area contributed by atoms with Gasteiger partial charge in [0.1, 0.15) is 42.4 Å². The van der Waals surface area contributed by atoms with Gasteiger partial charge in [-0.2, -0.15) is 5.26 Å². The van der Waals surface area contributed by atoms with Crippen LogP contribution < -0.4 is 30.7 Å². The van der Waals surface area contributed by atoms with Crippen molar-refractivity contribution in [1.82, 2.24) is 31.2 Å². The van der Waals surface area contributed by atoms with Gasteiger partial charge < -0.3 is 45.5 Å².